The third kappa shape index (κ3) is 7.60. The molecule has 43 heavy (non-hydrogen) atoms. The molecular weight excluding hydrogens is 579 g/mol. The average molecular weight is 609 g/mol. The molecule has 16 heteroatoms. The second kappa shape index (κ2) is 12.6. The van der Waals surface area contributed by atoms with Gasteiger partial charge in [0.2, 0.25) is 11.7 Å². The zero-order valence-electron chi connectivity index (χ0n) is 22.9. The first-order valence-corrected chi connectivity index (χ1v) is 13.7. The van der Waals surface area contributed by atoms with E-state index in [0.717, 1.165) is 46.9 Å². The maximum absolute atomic E-state index is 14.7. The highest BCUT2D eigenvalue weighted by molar-refractivity contribution is 5.92. The molecular formula is C27H29F5N8O3. The van der Waals surface area contributed by atoms with Crippen LogP contribution in [0.15, 0.2) is 41.6 Å². The third-order valence-electron chi connectivity index (χ3n) is 7.53. The van der Waals surface area contributed by atoms with Crippen LogP contribution in [0.25, 0.3) is 0 Å². The van der Waals surface area contributed by atoms with Crippen molar-refractivity contribution in [3.63, 3.8) is 0 Å². The predicted octanol–water partition coefficient (Wildman–Crippen LogP) is 2.63. The zero-order chi connectivity index (χ0) is 30.7. The molecule has 0 radical (unpaired) electrons. The Labute approximate surface area is 242 Å². The van der Waals surface area contributed by atoms with Crippen molar-refractivity contribution in [1.29, 1.82) is 0 Å². The number of nitrogens with zero attached hydrogens (tertiary/aromatic N) is 6. The summed E-state index contributed by atoms with van der Waals surface area (Å²) in [4.78, 5) is 43.0. The zero-order valence-corrected chi connectivity index (χ0v) is 22.9. The van der Waals surface area contributed by atoms with Gasteiger partial charge in [0, 0.05) is 32.0 Å². The molecule has 0 spiro atoms. The average Bonchev–Trinajstić information content (AvgIpc) is 3.41. The molecule has 230 valence electrons. The Morgan fingerprint density at radius 3 is 2.60 bits per heavy atom. The van der Waals surface area contributed by atoms with E-state index in [2.05, 4.69) is 25.9 Å². The molecule has 11 nitrogen and oxygen atoms in total. The van der Waals surface area contributed by atoms with Gasteiger partial charge in [0.05, 0.1) is 42.8 Å². The van der Waals surface area contributed by atoms with Gasteiger partial charge in [0.15, 0.2) is 5.69 Å². The van der Waals surface area contributed by atoms with E-state index in [-0.39, 0.29) is 49.7 Å². The van der Waals surface area contributed by atoms with Crippen LogP contribution in [0.3, 0.4) is 0 Å². The Kier molecular flexibility index (Phi) is 8.84. The van der Waals surface area contributed by atoms with Crippen LogP contribution in [0.4, 0.5) is 27.6 Å². The van der Waals surface area contributed by atoms with E-state index in [0.29, 0.717) is 11.8 Å². The van der Waals surface area contributed by atoms with E-state index in [9.17, 15) is 36.3 Å². The van der Waals surface area contributed by atoms with Crippen molar-refractivity contribution in [2.75, 3.05) is 25.0 Å². The quantitative estimate of drug-likeness (QED) is 0.321. The first-order valence-electron chi connectivity index (χ1n) is 13.7. The fraction of sp³-hybridized carbons (Fsp3) is 0.481. The smallest absolute Gasteiger partial charge is 0.345 e. The Morgan fingerprint density at radius 2 is 1.88 bits per heavy atom. The second-order valence-corrected chi connectivity index (χ2v) is 10.9. The Morgan fingerprint density at radius 1 is 1.14 bits per heavy atom. The van der Waals surface area contributed by atoms with Gasteiger partial charge in [0.25, 0.3) is 11.5 Å². The van der Waals surface area contributed by atoms with Crippen LogP contribution in [0.2, 0.25) is 0 Å². The van der Waals surface area contributed by atoms with Crippen LogP contribution in [-0.2, 0) is 30.6 Å². The highest BCUT2D eigenvalue weighted by atomic mass is 19.4. The van der Waals surface area contributed by atoms with E-state index in [1.807, 2.05) is 4.90 Å². The molecule has 3 aromatic heterocycles. The summed E-state index contributed by atoms with van der Waals surface area (Å²) >= 11 is 0. The van der Waals surface area contributed by atoms with Crippen LogP contribution < -0.4 is 16.2 Å². The number of hydrogen-bond acceptors (Lipinski definition) is 7. The maximum Gasteiger partial charge on any atom is 0.416 e. The van der Waals surface area contributed by atoms with Gasteiger partial charge >= 0.3 is 6.18 Å². The number of rotatable bonds is 11. The molecule has 1 atom stereocenters. The van der Waals surface area contributed by atoms with Gasteiger partial charge in [-0.15, -0.1) is 5.10 Å². The number of halogens is 5. The summed E-state index contributed by atoms with van der Waals surface area (Å²) in [5.74, 6) is -1.07. The van der Waals surface area contributed by atoms with Crippen LogP contribution in [0.5, 0.6) is 0 Å². The topological polar surface area (TPSA) is 127 Å². The third-order valence-corrected chi connectivity index (χ3v) is 7.53. The van der Waals surface area contributed by atoms with Gasteiger partial charge in [-0.05, 0) is 49.3 Å². The van der Waals surface area contributed by atoms with Crippen molar-refractivity contribution in [1.82, 2.24) is 34.8 Å². The number of aromatic nitrogens is 5. The number of nitrogens with one attached hydrogen (secondary N) is 2. The second-order valence-electron chi connectivity index (χ2n) is 10.9. The van der Waals surface area contributed by atoms with Crippen LogP contribution in [-0.4, -0.2) is 67.1 Å². The minimum Gasteiger partial charge on any atom is -0.345 e. The highest BCUT2D eigenvalue weighted by Crippen LogP contribution is 2.39. The highest BCUT2D eigenvalue weighted by Gasteiger charge is 2.37. The van der Waals surface area contributed by atoms with Crippen molar-refractivity contribution in [2.24, 2.45) is 11.8 Å². The molecule has 2 amide bonds. The number of fused-ring (bicyclic) bond motifs is 2. The van der Waals surface area contributed by atoms with Crippen molar-refractivity contribution >= 4 is 17.5 Å². The number of alkyl halides is 4. The summed E-state index contributed by atoms with van der Waals surface area (Å²) in [6.45, 7) is 1.02. The van der Waals surface area contributed by atoms with Crippen molar-refractivity contribution in [3.05, 3.63) is 69.9 Å². The standard InChI is InChI=1S/C27H29F5N8O3/c28-19(13-40-14-22(36-37-40)25(42)34-10-20-9-18(1-4-33-20)27(30,31)32)2-5-39-6-3-21(24(29)26(39)43)35-23(41)15-38-11-16-7-17(8-16)12-38/h1,3-4,6,9,14,16-17,19H,2,5,7-8,10-13,15H2,(H,34,42)(H,35,41). The van der Waals surface area contributed by atoms with Crippen molar-refractivity contribution in [2.45, 2.75) is 51.2 Å². The van der Waals surface area contributed by atoms with Gasteiger partial charge < -0.3 is 15.2 Å². The minimum atomic E-state index is -4.55. The molecule has 1 aliphatic carbocycles. The lowest BCUT2D eigenvalue weighted by Crippen LogP contribution is -2.50. The molecule has 2 N–H and O–H groups in total. The summed E-state index contributed by atoms with van der Waals surface area (Å²) < 4.78 is 70.0. The molecule has 2 bridgehead atoms. The van der Waals surface area contributed by atoms with Crippen molar-refractivity contribution in [3.8, 4) is 0 Å². The molecule has 1 saturated carbocycles. The number of pyridine rings is 2. The lowest BCUT2D eigenvalue weighted by atomic mass is 9.71. The molecule has 3 aromatic rings. The summed E-state index contributed by atoms with van der Waals surface area (Å²) in [6, 6.07) is 2.88. The Hall–Kier alpha value is -4.21. The molecule has 2 saturated heterocycles. The largest absolute Gasteiger partial charge is 0.416 e. The maximum atomic E-state index is 14.7. The first-order chi connectivity index (χ1) is 20.4. The van der Waals surface area contributed by atoms with Crippen molar-refractivity contribution < 1.29 is 31.5 Å². The summed E-state index contributed by atoms with van der Waals surface area (Å²) in [5.41, 5.74) is -2.34. The van der Waals surface area contributed by atoms with Gasteiger partial charge in [-0.2, -0.15) is 17.6 Å². The van der Waals surface area contributed by atoms with Crippen LogP contribution in [0, 0.1) is 17.7 Å². The lowest BCUT2D eigenvalue weighted by Gasteiger charge is -2.46. The monoisotopic (exact) mass is 608 g/mol. The molecule has 6 rings (SSSR count). The van der Waals surface area contributed by atoms with E-state index >= 15 is 0 Å². The molecule has 1 unspecified atom stereocenters. The molecule has 3 fully saturated rings. The summed E-state index contributed by atoms with van der Waals surface area (Å²) in [5, 5.41) is 12.2. The summed E-state index contributed by atoms with van der Waals surface area (Å²) in [6.07, 6.45) is -0.483. The number of carbonyl (C=O) groups is 2. The number of piperidine rings is 2. The fourth-order valence-electron chi connectivity index (χ4n) is 5.40. The van der Waals surface area contributed by atoms with Gasteiger partial charge in [0.1, 0.15) is 6.17 Å². The van der Waals surface area contributed by atoms with Gasteiger partial charge in [-0.1, -0.05) is 5.21 Å². The van der Waals surface area contributed by atoms with E-state index < -0.39 is 41.1 Å². The lowest BCUT2D eigenvalue weighted by molar-refractivity contribution is -0.137. The van der Waals surface area contributed by atoms with Gasteiger partial charge in [-0.3, -0.25) is 24.3 Å². The van der Waals surface area contributed by atoms with E-state index in [1.54, 1.807) is 0 Å². The van der Waals surface area contributed by atoms with E-state index in [1.165, 1.54) is 25.1 Å². The number of aryl methyl sites for hydroxylation is 1. The normalized spacial score (nSPS) is 19.0. The molecule has 5 heterocycles. The predicted molar refractivity (Wildman–Crippen MR) is 142 cm³/mol. The number of anilines is 1. The molecule has 3 aliphatic rings. The minimum absolute atomic E-state index is 0.0184. The molecule has 0 aromatic carbocycles. The SMILES string of the molecule is O=C(CN1CC2CC(C2)C1)Nc1ccn(CCC(F)Cn2cc(C(=O)NCc3cc(C(F)(F)F)ccn3)nn2)c(=O)c1F. The molecule has 2 aliphatic heterocycles. The fourth-order valence-corrected chi connectivity index (χ4v) is 5.40. The summed E-state index contributed by atoms with van der Waals surface area (Å²) in [7, 11) is 0. The first kappa shape index (κ1) is 30.3. The Bertz CT molecular complexity index is 1530. The Balaban J connectivity index is 1.08. The number of amides is 2. The number of hydrogen-bond donors (Lipinski definition) is 2. The van der Waals surface area contributed by atoms with E-state index in [4.69, 9.17) is 0 Å². The van der Waals surface area contributed by atoms with Crippen LogP contribution >= 0.6 is 0 Å². The number of carbonyl (C=O) groups excluding carboxylic acids is 2. The van der Waals surface area contributed by atoms with Crippen LogP contribution in [0.1, 0.15) is 41.0 Å². The van der Waals surface area contributed by atoms with Gasteiger partial charge in [-0.25, -0.2) is 9.07 Å².